The molecule has 0 amide bonds. The Bertz CT molecular complexity index is 1550. The van der Waals surface area contributed by atoms with E-state index in [-0.39, 0.29) is 5.92 Å². The standard InChI is InChI=1S/C33H27N/c1-3-12-24-22(10-1)20-30(28-16-7-5-14-26(24)28)33(32-18-9-19-34-32)31-21-23-11-2-4-13-25(23)27-15-6-8-17-29(27)31/h1-8,10-17,20-21,32-34H,9,18-19H2. The third kappa shape index (κ3) is 3.04. The molecule has 1 heteroatoms. The molecule has 1 aliphatic rings. The van der Waals surface area contributed by atoms with E-state index in [1.165, 1.54) is 67.1 Å². The highest BCUT2D eigenvalue weighted by Gasteiger charge is 2.30. The fourth-order valence-electron chi connectivity index (χ4n) is 6.28. The lowest BCUT2D eigenvalue weighted by Gasteiger charge is -2.28. The summed E-state index contributed by atoms with van der Waals surface area (Å²) in [7, 11) is 0. The van der Waals surface area contributed by atoms with Gasteiger partial charge in [0.1, 0.15) is 0 Å². The molecule has 6 aromatic rings. The van der Waals surface area contributed by atoms with Crippen LogP contribution in [0.3, 0.4) is 0 Å². The SMILES string of the molecule is c1ccc2c(c1)cc(C(c1cc3ccccc3c3ccccc13)C1CCCN1)c1ccccc12. The molecule has 1 fully saturated rings. The molecular formula is C33H27N. The van der Waals surface area contributed by atoms with Gasteiger partial charge in [0.2, 0.25) is 0 Å². The first kappa shape index (κ1) is 19.8. The maximum absolute atomic E-state index is 3.88. The van der Waals surface area contributed by atoms with E-state index in [1.807, 2.05) is 0 Å². The first-order valence-electron chi connectivity index (χ1n) is 12.4. The van der Waals surface area contributed by atoms with Gasteiger partial charge in [-0.1, -0.05) is 97.1 Å². The zero-order valence-corrected chi connectivity index (χ0v) is 19.2. The summed E-state index contributed by atoms with van der Waals surface area (Å²) in [5.74, 6) is 0.284. The van der Waals surface area contributed by atoms with E-state index in [4.69, 9.17) is 0 Å². The first-order valence-corrected chi connectivity index (χ1v) is 12.4. The minimum absolute atomic E-state index is 0.284. The van der Waals surface area contributed by atoms with Gasteiger partial charge in [-0.25, -0.2) is 0 Å². The monoisotopic (exact) mass is 437 g/mol. The second-order valence-electron chi connectivity index (χ2n) is 9.65. The molecule has 1 nitrogen and oxygen atoms in total. The topological polar surface area (TPSA) is 12.0 Å². The fourth-order valence-corrected chi connectivity index (χ4v) is 6.28. The van der Waals surface area contributed by atoms with Gasteiger partial charge in [-0.3, -0.25) is 0 Å². The molecular weight excluding hydrogens is 410 g/mol. The Morgan fingerprint density at radius 1 is 0.529 bits per heavy atom. The van der Waals surface area contributed by atoms with Crippen molar-refractivity contribution in [2.45, 2.75) is 24.8 Å². The zero-order chi connectivity index (χ0) is 22.5. The minimum Gasteiger partial charge on any atom is -0.313 e. The van der Waals surface area contributed by atoms with Crippen molar-refractivity contribution < 1.29 is 0 Å². The van der Waals surface area contributed by atoms with Crippen molar-refractivity contribution in [1.82, 2.24) is 5.32 Å². The third-order valence-electron chi connectivity index (χ3n) is 7.77. The highest BCUT2D eigenvalue weighted by atomic mass is 14.9. The van der Waals surface area contributed by atoms with Crippen molar-refractivity contribution >= 4 is 43.1 Å². The number of fused-ring (bicyclic) bond motifs is 6. The lowest BCUT2D eigenvalue weighted by molar-refractivity contribution is 0.545. The molecule has 0 saturated carbocycles. The molecule has 34 heavy (non-hydrogen) atoms. The van der Waals surface area contributed by atoms with Crippen molar-refractivity contribution in [2.24, 2.45) is 0 Å². The van der Waals surface area contributed by atoms with Crippen LogP contribution in [0.2, 0.25) is 0 Å². The Hall–Kier alpha value is -3.68. The van der Waals surface area contributed by atoms with Crippen LogP contribution in [0.1, 0.15) is 29.9 Å². The summed E-state index contributed by atoms with van der Waals surface area (Å²) in [5, 5.41) is 14.6. The van der Waals surface area contributed by atoms with Crippen LogP contribution in [0, 0.1) is 0 Å². The van der Waals surface area contributed by atoms with Crippen molar-refractivity contribution in [3.8, 4) is 0 Å². The third-order valence-corrected chi connectivity index (χ3v) is 7.77. The van der Waals surface area contributed by atoms with Crippen molar-refractivity contribution in [2.75, 3.05) is 6.54 Å². The average molecular weight is 438 g/mol. The Labute approximate surface area is 200 Å². The molecule has 1 N–H and O–H groups in total. The molecule has 164 valence electrons. The summed E-state index contributed by atoms with van der Waals surface area (Å²) in [4.78, 5) is 0. The smallest absolute Gasteiger partial charge is 0.0256 e. The summed E-state index contributed by atoms with van der Waals surface area (Å²) in [6.07, 6.45) is 2.44. The molecule has 0 bridgehead atoms. The van der Waals surface area contributed by atoms with Gasteiger partial charge in [0.15, 0.2) is 0 Å². The predicted molar refractivity (Wildman–Crippen MR) is 146 cm³/mol. The second kappa shape index (κ2) is 7.97. The van der Waals surface area contributed by atoms with Crippen LogP contribution in [0.5, 0.6) is 0 Å². The van der Waals surface area contributed by atoms with Gasteiger partial charge in [-0.15, -0.1) is 0 Å². The lowest BCUT2D eigenvalue weighted by Crippen LogP contribution is -2.30. The number of benzene rings is 6. The molecule has 1 unspecified atom stereocenters. The Morgan fingerprint density at radius 2 is 0.971 bits per heavy atom. The van der Waals surface area contributed by atoms with E-state index >= 15 is 0 Å². The largest absolute Gasteiger partial charge is 0.313 e. The molecule has 1 atom stereocenters. The maximum Gasteiger partial charge on any atom is 0.0256 e. The lowest BCUT2D eigenvalue weighted by atomic mass is 9.78. The quantitative estimate of drug-likeness (QED) is 0.275. The van der Waals surface area contributed by atoms with Crippen LogP contribution < -0.4 is 5.32 Å². The molecule has 1 heterocycles. The Balaban J connectivity index is 1.60. The van der Waals surface area contributed by atoms with E-state index in [0.717, 1.165) is 6.54 Å². The second-order valence-corrected chi connectivity index (χ2v) is 9.65. The van der Waals surface area contributed by atoms with Gasteiger partial charge in [0, 0.05) is 12.0 Å². The highest BCUT2D eigenvalue weighted by molar-refractivity contribution is 6.11. The summed E-state index contributed by atoms with van der Waals surface area (Å²) < 4.78 is 0. The van der Waals surface area contributed by atoms with E-state index in [0.29, 0.717) is 6.04 Å². The number of rotatable bonds is 3. The zero-order valence-electron chi connectivity index (χ0n) is 19.2. The molecule has 7 rings (SSSR count). The summed E-state index contributed by atoms with van der Waals surface area (Å²) in [6.45, 7) is 1.10. The van der Waals surface area contributed by atoms with Crippen LogP contribution in [0.25, 0.3) is 43.1 Å². The van der Waals surface area contributed by atoms with Crippen molar-refractivity contribution in [3.05, 3.63) is 120 Å². The average Bonchev–Trinajstić information content (AvgIpc) is 3.43. The fraction of sp³-hybridized carbons (Fsp3) is 0.152. The molecule has 0 radical (unpaired) electrons. The van der Waals surface area contributed by atoms with Gasteiger partial charge in [0.05, 0.1) is 0 Å². The van der Waals surface area contributed by atoms with E-state index in [1.54, 1.807) is 0 Å². The molecule has 0 spiro atoms. The summed E-state index contributed by atoms with van der Waals surface area (Å²) in [6, 6.07) is 41.0. The Kier molecular flexibility index (Phi) is 4.63. The first-order chi connectivity index (χ1) is 16.9. The van der Waals surface area contributed by atoms with Gasteiger partial charge in [0.25, 0.3) is 0 Å². The van der Waals surface area contributed by atoms with Crippen molar-refractivity contribution in [1.29, 1.82) is 0 Å². The van der Waals surface area contributed by atoms with Gasteiger partial charge >= 0.3 is 0 Å². The van der Waals surface area contributed by atoms with Crippen LogP contribution in [0.15, 0.2) is 109 Å². The predicted octanol–water partition coefficient (Wildman–Crippen LogP) is 8.18. The normalized spacial score (nSPS) is 16.3. The van der Waals surface area contributed by atoms with E-state index in [9.17, 15) is 0 Å². The summed E-state index contributed by atoms with van der Waals surface area (Å²) in [5.41, 5.74) is 2.88. The van der Waals surface area contributed by atoms with Crippen molar-refractivity contribution in [3.63, 3.8) is 0 Å². The number of hydrogen-bond acceptors (Lipinski definition) is 1. The molecule has 1 saturated heterocycles. The number of hydrogen-bond donors (Lipinski definition) is 1. The van der Waals surface area contributed by atoms with E-state index in [2.05, 4.69) is 115 Å². The Morgan fingerprint density at radius 3 is 1.44 bits per heavy atom. The summed E-state index contributed by atoms with van der Waals surface area (Å²) >= 11 is 0. The number of nitrogens with one attached hydrogen (secondary N) is 1. The maximum atomic E-state index is 3.88. The molecule has 0 aliphatic carbocycles. The highest BCUT2D eigenvalue weighted by Crippen LogP contribution is 2.43. The molecule has 0 aromatic heterocycles. The van der Waals surface area contributed by atoms with Crippen LogP contribution in [-0.2, 0) is 0 Å². The molecule has 1 aliphatic heterocycles. The van der Waals surface area contributed by atoms with Gasteiger partial charge in [-0.2, -0.15) is 0 Å². The molecule has 6 aromatic carbocycles. The van der Waals surface area contributed by atoms with E-state index < -0.39 is 0 Å². The van der Waals surface area contributed by atoms with Gasteiger partial charge in [-0.05, 0) is 85.7 Å². The van der Waals surface area contributed by atoms with Gasteiger partial charge < -0.3 is 5.32 Å². The van der Waals surface area contributed by atoms with Crippen LogP contribution in [-0.4, -0.2) is 12.6 Å². The van der Waals surface area contributed by atoms with Crippen LogP contribution in [0.4, 0.5) is 0 Å². The minimum atomic E-state index is 0.284. The van der Waals surface area contributed by atoms with Crippen LogP contribution >= 0.6 is 0 Å².